The van der Waals surface area contributed by atoms with Crippen LogP contribution in [0.5, 0.6) is 5.75 Å². The lowest BCUT2D eigenvalue weighted by molar-refractivity contribution is -0.115. The number of aromatic nitrogens is 1. The summed E-state index contributed by atoms with van der Waals surface area (Å²) in [6.07, 6.45) is 0.174. The smallest absolute Gasteiger partial charge is 0.252 e. The summed E-state index contributed by atoms with van der Waals surface area (Å²) in [5.74, 6) is -0.427. The lowest BCUT2D eigenvalue weighted by atomic mass is 10.2. The first-order chi connectivity index (χ1) is 13.0. The Kier molecular flexibility index (Phi) is 6.05. The molecule has 2 amide bonds. The van der Waals surface area contributed by atoms with E-state index in [9.17, 15) is 9.59 Å². The summed E-state index contributed by atoms with van der Waals surface area (Å²) < 4.78 is 5.64. The van der Waals surface area contributed by atoms with Crippen molar-refractivity contribution in [3.05, 3.63) is 75.2 Å². The summed E-state index contributed by atoms with van der Waals surface area (Å²) in [7, 11) is 0. The van der Waals surface area contributed by atoms with Gasteiger partial charge in [-0.1, -0.05) is 29.8 Å². The lowest BCUT2D eigenvalue weighted by Crippen LogP contribution is -2.14. The third kappa shape index (κ3) is 5.29. The van der Waals surface area contributed by atoms with E-state index in [1.165, 1.54) is 17.4 Å². The van der Waals surface area contributed by atoms with E-state index in [1.54, 1.807) is 12.1 Å². The number of benzene rings is 2. The van der Waals surface area contributed by atoms with Crippen molar-refractivity contribution in [3.63, 3.8) is 0 Å². The Labute approximate surface area is 164 Å². The summed E-state index contributed by atoms with van der Waals surface area (Å²) in [5, 5.41) is 5.70. The van der Waals surface area contributed by atoms with Gasteiger partial charge in [-0.3, -0.25) is 9.59 Å². The van der Waals surface area contributed by atoms with Gasteiger partial charge in [0.05, 0.1) is 17.7 Å². The van der Waals surface area contributed by atoms with Crippen LogP contribution in [0.15, 0.2) is 53.9 Å². The quantitative estimate of drug-likeness (QED) is 0.631. The molecule has 0 bridgehead atoms. The van der Waals surface area contributed by atoms with Gasteiger partial charge in [0.15, 0.2) is 0 Å². The molecular weight excluding hydrogens is 386 g/mol. The number of halogens is 1. The number of ether oxygens (including phenoxy) is 1. The third-order valence-electron chi connectivity index (χ3n) is 3.55. The fourth-order valence-electron chi connectivity index (χ4n) is 2.33. The fourth-order valence-corrected chi connectivity index (χ4v) is 3.28. The van der Waals surface area contributed by atoms with Gasteiger partial charge < -0.3 is 15.8 Å². The first-order valence-corrected chi connectivity index (χ1v) is 9.27. The van der Waals surface area contributed by atoms with Gasteiger partial charge in [-0.15, -0.1) is 11.3 Å². The van der Waals surface area contributed by atoms with Crippen LogP contribution in [0.25, 0.3) is 0 Å². The molecule has 3 N–H and O–H groups in total. The maximum Gasteiger partial charge on any atom is 0.252 e. The van der Waals surface area contributed by atoms with E-state index >= 15 is 0 Å². The average molecular weight is 402 g/mol. The molecule has 0 unspecified atom stereocenters. The summed E-state index contributed by atoms with van der Waals surface area (Å²) >= 11 is 7.25. The van der Waals surface area contributed by atoms with Crippen LogP contribution in [0.4, 0.5) is 5.69 Å². The van der Waals surface area contributed by atoms with E-state index in [0.29, 0.717) is 21.5 Å². The molecule has 0 radical (unpaired) electrons. The lowest BCUT2D eigenvalue weighted by Gasteiger charge is -2.08. The molecule has 1 aromatic heterocycles. The van der Waals surface area contributed by atoms with Crippen molar-refractivity contribution in [1.82, 2.24) is 4.98 Å². The van der Waals surface area contributed by atoms with Gasteiger partial charge in [0.1, 0.15) is 17.4 Å². The first kappa shape index (κ1) is 18.9. The Morgan fingerprint density at radius 3 is 2.70 bits per heavy atom. The Morgan fingerprint density at radius 1 is 1.19 bits per heavy atom. The third-order valence-corrected chi connectivity index (χ3v) is 4.68. The van der Waals surface area contributed by atoms with Crippen LogP contribution in [0.1, 0.15) is 21.1 Å². The summed E-state index contributed by atoms with van der Waals surface area (Å²) in [4.78, 5) is 28.0. The molecule has 0 aliphatic rings. The molecule has 6 nitrogen and oxygen atoms in total. The van der Waals surface area contributed by atoms with Gasteiger partial charge in [-0.05, 0) is 30.3 Å². The second kappa shape index (κ2) is 8.66. The van der Waals surface area contributed by atoms with Gasteiger partial charge >= 0.3 is 0 Å². The molecule has 0 aliphatic heterocycles. The molecule has 27 heavy (non-hydrogen) atoms. The zero-order chi connectivity index (χ0) is 19.2. The van der Waals surface area contributed by atoms with E-state index in [2.05, 4.69) is 10.3 Å². The predicted molar refractivity (Wildman–Crippen MR) is 105 cm³/mol. The molecule has 0 saturated heterocycles. The molecule has 1 heterocycles. The zero-order valence-electron chi connectivity index (χ0n) is 14.1. The second-order valence-electron chi connectivity index (χ2n) is 5.62. The van der Waals surface area contributed by atoms with E-state index in [-0.39, 0.29) is 24.5 Å². The van der Waals surface area contributed by atoms with Crippen molar-refractivity contribution >= 4 is 40.4 Å². The Balaban J connectivity index is 1.58. The average Bonchev–Trinajstić information content (AvgIpc) is 3.08. The Morgan fingerprint density at radius 2 is 1.96 bits per heavy atom. The van der Waals surface area contributed by atoms with E-state index in [0.717, 1.165) is 5.69 Å². The zero-order valence-corrected chi connectivity index (χ0v) is 15.7. The maximum absolute atomic E-state index is 12.1. The van der Waals surface area contributed by atoms with Gasteiger partial charge in [0, 0.05) is 16.1 Å². The summed E-state index contributed by atoms with van der Waals surface area (Å²) in [6.45, 7) is 0.152. The number of primary amides is 1. The second-order valence-corrected chi connectivity index (χ2v) is 7.00. The number of amides is 2. The molecule has 2 aromatic carbocycles. The van der Waals surface area contributed by atoms with Crippen molar-refractivity contribution in [1.29, 1.82) is 0 Å². The highest BCUT2D eigenvalue weighted by Gasteiger charge is 2.12. The minimum atomic E-state index is -0.621. The van der Waals surface area contributed by atoms with Crippen molar-refractivity contribution < 1.29 is 14.3 Å². The van der Waals surface area contributed by atoms with E-state index in [4.69, 9.17) is 22.1 Å². The number of hydrogen-bond donors (Lipinski definition) is 2. The van der Waals surface area contributed by atoms with E-state index < -0.39 is 5.91 Å². The van der Waals surface area contributed by atoms with Gasteiger partial charge in [-0.25, -0.2) is 4.98 Å². The predicted octanol–water partition coefficient (Wildman–Crippen LogP) is 3.66. The first-order valence-electron chi connectivity index (χ1n) is 8.01. The Hall–Kier alpha value is -2.90. The van der Waals surface area contributed by atoms with Crippen molar-refractivity contribution in [2.45, 2.75) is 13.0 Å². The standard InChI is InChI=1S/C19H16ClN3O3S/c20-12-6-7-16(15(8-12)19(21)25)26-10-14-11-27-18(23-14)9-17(24)22-13-4-2-1-3-5-13/h1-8,11H,9-10H2,(H2,21,25)(H,22,24). The maximum atomic E-state index is 12.1. The van der Waals surface area contributed by atoms with Gasteiger partial charge in [-0.2, -0.15) is 0 Å². The largest absolute Gasteiger partial charge is 0.486 e. The number of nitrogens with two attached hydrogens (primary N) is 1. The van der Waals surface area contributed by atoms with Crippen LogP contribution in [-0.4, -0.2) is 16.8 Å². The van der Waals surface area contributed by atoms with Crippen molar-refractivity contribution in [2.75, 3.05) is 5.32 Å². The molecule has 0 fully saturated rings. The molecule has 3 aromatic rings. The fraction of sp³-hybridized carbons (Fsp3) is 0.105. The summed E-state index contributed by atoms with van der Waals surface area (Å²) in [6, 6.07) is 13.9. The number of thiazole rings is 1. The number of anilines is 1. The molecule has 0 atom stereocenters. The minimum Gasteiger partial charge on any atom is -0.486 e. The van der Waals surface area contributed by atoms with E-state index in [1.807, 2.05) is 35.7 Å². The molecule has 0 spiro atoms. The molecule has 3 rings (SSSR count). The highest BCUT2D eigenvalue weighted by atomic mass is 35.5. The molecular formula is C19H16ClN3O3S. The number of nitrogens with one attached hydrogen (secondary N) is 1. The highest BCUT2D eigenvalue weighted by molar-refractivity contribution is 7.09. The number of rotatable bonds is 7. The monoisotopic (exact) mass is 401 g/mol. The van der Waals surface area contributed by atoms with Crippen LogP contribution in [0.2, 0.25) is 5.02 Å². The van der Waals surface area contributed by atoms with Crippen LogP contribution in [0.3, 0.4) is 0 Å². The van der Waals surface area contributed by atoms with Crippen molar-refractivity contribution in [2.24, 2.45) is 5.73 Å². The Bertz CT molecular complexity index is 960. The summed E-state index contributed by atoms with van der Waals surface area (Å²) in [5.41, 5.74) is 6.95. The normalized spacial score (nSPS) is 10.4. The molecule has 0 aliphatic carbocycles. The van der Waals surface area contributed by atoms with Crippen molar-refractivity contribution in [3.8, 4) is 5.75 Å². The highest BCUT2D eigenvalue weighted by Crippen LogP contribution is 2.24. The number of carbonyl (C=O) groups is 2. The van der Waals surface area contributed by atoms with Crippen LogP contribution in [0, 0.1) is 0 Å². The number of hydrogen-bond acceptors (Lipinski definition) is 5. The number of para-hydroxylation sites is 1. The molecule has 138 valence electrons. The molecule has 0 saturated carbocycles. The van der Waals surface area contributed by atoms with Gasteiger partial charge in [0.25, 0.3) is 5.91 Å². The van der Waals surface area contributed by atoms with Crippen LogP contribution in [-0.2, 0) is 17.8 Å². The SMILES string of the molecule is NC(=O)c1cc(Cl)ccc1OCc1csc(CC(=O)Nc2ccccc2)n1. The van der Waals surface area contributed by atoms with Gasteiger partial charge in [0.2, 0.25) is 5.91 Å². The number of nitrogens with zero attached hydrogens (tertiary/aromatic N) is 1. The van der Waals surface area contributed by atoms with Crippen LogP contribution < -0.4 is 15.8 Å². The number of carbonyl (C=O) groups excluding carboxylic acids is 2. The minimum absolute atomic E-state index is 0.142. The van der Waals surface area contributed by atoms with Crippen LogP contribution >= 0.6 is 22.9 Å². The topological polar surface area (TPSA) is 94.3 Å². The molecule has 8 heteroatoms.